The molecule has 7 nitrogen and oxygen atoms in total. The Morgan fingerprint density at radius 1 is 1.03 bits per heavy atom. The Labute approximate surface area is 236 Å². The Bertz CT molecular complexity index is 1620. The number of fused-ring (bicyclic) bond motifs is 1. The third-order valence-corrected chi connectivity index (χ3v) is 8.54. The summed E-state index contributed by atoms with van der Waals surface area (Å²) in [5.41, 5.74) is 6.41. The zero-order chi connectivity index (χ0) is 27.5. The first kappa shape index (κ1) is 26.9. The Morgan fingerprint density at radius 2 is 1.82 bits per heavy atom. The van der Waals surface area contributed by atoms with E-state index in [0.717, 1.165) is 33.3 Å². The first-order valence-corrected chi connectivity index (χ1v) is 14.7. The second-order valence-corrected chi connectivity index (χ2v) is 11.5. The van der Waals surface area contributed by atoms with Gasteiger partial charge in [-0.2, -0.15) is 0 Å². The summed E-state index contributed by atoms with van der Waals surface area (Å²) in [5, 5.41) is 13.4. The van der Waals surface area contributed by atoms with Crippen LogP contribution in [0.1, 0.15) is 42.5 Å². The summed E-state index contributed by atoms with van der Waals surface area (Å²) in [5.74, 6) is 1.66. The second kappa shape index (κ2) is 11.6. The number of anilines is 1. The molecule has 0 saturated heterocycles. The molecule has 9 heteroatoms. The largest absolute Gasteiger partial charge is 0.483 e. The molecular formula is C30H31N5O2S2. The summed E-state index contributed by atoms with van der Waals surface area (Å²) in [6, 6.07) is 20.1. The lowest BCUT2D eigenvalue weighted by Crippen LogP contribution is -2.15. The summed E-state index contributed by atoms with van der Waals surface area (Å²) < 4.78 is 9.32. The predicted molar refractivity (Wildman–Crippen MR) is 160 cm³/mol. The third kappa shape index (κ3) is 6.15. The van der Waals surface area contributed by atoms with E-state index in [4.69, 9.17) is 9.72 Å². The summed E-state index contributed by atoms with van der Waals surface area (Å²) in [6.07, 6.45) is -0.277. The van der Waals surface area contributed by atoms with Gasteiger partial charge in [0.1, 0.15) is 10.8 Å². The highest BCUT2D eigenvalue weighted by Gasteiger charge is 2.20. The highest BCUT2D eigenvalue weighted by Crippen LogP contribution is 2.31. The number of carbonyl (C=O) groups excluding carboxylic acids is 1. The standard InChI is InChI=1S/C30H31N5O2S2/c1-6-35-28(21(5)37-24-13-8-19(3)20(4)16-24)33-34-30(35)38-17-27(36)31-23-11-9-22(10-12-23)29-32-25-14-7-18(2)15-26(25)39-29/h7-16,21H,6,17H2,1-5H3,(H,31,36). The predicted octanol–water partition coefficient (Wildman–Crippen LogP) is 7.37. The van der Waals surface area contributed by atoms with Gasteiger partial charge in [-0.15, -0.1) is 21.5 Å². The molecule has 39 heavy (non-hydrogen) atoms. The number of nitrogens with zero attached hydrogens (tertiary/aromatic N) is 4. The lowest BCUT2D eigenvalue weighted by molar-refractivity contribution is -0.113. The van der Waals surface area contributed by atoms with E-state index in [1.54, 1.807) is 11.3 Å². The van der Waals surface area contributed by atoms with Crippen LogP contribution < -0.4 is 10.1 Å². The van der Waals surface area contributed by atoms with Crippen molar-refractivity contribution >= 4 is 44.9 Å². The summed E-state index contributed by atoms with van der Waals surface area (Å²) in [4.78, 5) is 17.4. The van der Waals surface area contributed by atoms with Crippen LogP contribution in [-0.4, -0.2) is 31.4 Å². The van der Waals surface area contributed by atoms with Crippen molar-refractivity contribution in [2.24, 2.45) is 0 Å². The van der Waals surface area contributed by atoms with E-state index in [-0.39, 0.29) is 17.8 Å². The number of hydrogen-bond donors (Lipinski definition) is 1. The Morgan fingerprint density at radius 3 is 2.56 bits per heavy atom. The molecule has 5 aromatic rings. The fourth-order valence-corrected chi connectivity index (χ4v) is 6.11. The minimum atomic E-state index is -0.277. The molecule has 3 aromatic carbocycles. The number of rotatable bonds is 9. The topological polar surface area (TPSA) is 81.9 Å². The van der Waals surface area contributed by atoms with Gasteiger partial charge in [0.2, 0.25) is 5.91 Å². The van der Waals surface area contributed by atoms with Crippen LogP contribution >= 0.6 is 23.1 Å². The number of thiazole rings is 1. The van der Waals surface area contributed by atoms with E-state index in [9.17, 15) is 4.79 Å². The third-order valence-electron chi connectivity index (χ3n) is 6.51. The lowest BCUT2D eigenvalue weighted by Gasteiger charge is -2.16. The summed E-state index contributed by atoms with van der Waals surface area (Å²) in [6.45, 7) is 10.9. The van der Waals surface area contributed by atoms with Crippen molar-refractivity contribution in [1.29, 1.82) is 0 Å². The molecule has 2 aromatic heterocycles. The number of benzene rings is 3. The van der Waals surface area contributed by atoms with Gasteiger partial charge in [-0.25, -0.2) is 4.98 Å². The molecule has 2 heterocycles. The molecule has 0 bridgehead atoms. The van der Waals surface area contributed by atoms with Gasteiger partial charge in [0.15, 0.2) is 17.1 Å². The van der Waals surface area contributed by atoms with Crippen molar-refractivity contribution in [3.8, 4) is 16.3 Å². The van der Waals surface area contributed by atoms with Crippen molar-refractivity contribution in [1.82, 2.24) is 19.7 Å². The molecule has 0 fully saturated rings. The number of aryl methyl sites for hydroxylation is 3. The molecule has 0 saturated carbocycles. The van der Waals surface area contributed by atoms with Crippen molar-refractivity contribution in [3.63, 3.8) is 0 Å². The van der Waals surface area contributed by atoms with Gasteiger partial charge in [0.25, 0.3) is 0 Å². The van der Waals surface area contributed by atoms with Crippen LogP contribution in [0.25, 0.3) is 20.8 Å². The summed E-state index contributed by atoms with van der Waals surface area (Å²) >= 11 is 3.04. The molecular weight excluding hydrogens is 526 g/mol. The normalized spacial score (nSPS) is 12.0. The molecule has 1 amide bonds. The van der Waals surface area contributed by atoms with E-state index >= 15 is 0 Å². The number of ether oxygens (including phenoxy) is 1. The van der Waals surface area contributed by atoms with E-state index in [2.05, 4.69) is 60.6 Å². The minimum absolute atomic E-state index is 0.102. The van der Waals surface area contributed by atoms with Crippen molar-refractivity contribution in [3.05, 3.63) is 83.2 Å². The van der Waals surface area contributed by atoms with Crippen LogP contribution in [0.15, 0.2) is 65.8 Å². The Hall–Kier alpha value is -3.69. The van der Waals surface area contributed by atoms with Gasteiger partial charge in [0, 0.05) is 17.8 Å². The molecule has 5 rings (SSSR count). The van der Waals surface area contributed by atoms with Crippen LogP contribution in [0.2, 0.25) is 0 Å². The van der Waals surface area contributed by atoms with Crippen LogP contribution in [0.5, 0.6) is 5.75 Å². The highest BCUT2D eigenvalue weighted by molar-refractivity contribution is 7.99. The monoisotopic (exact) mass is 557 g/mol. The highest BCUT2D eigenvalue weighted by atomic mass is 32.2. The maximum Gasteiger partial charge on any atom is 0.234 e. The second-order valence-electron chi connectivity index (χ2n) is 9.50. The quantitative estimate of drug-likeness (QED) is 0.191. The smallest absolute Gasteiger partial charge is 0.234 e. The van der Waals surface area contributed by atoms with Crippen molar-refractivity contribution < 1.29 is 9.53 Å². The number of amides is 1. The molecule has 0 aliphatic carbocycles. The number of hydrogen-bond acceptors (Lipinski definition) is 7. The maximum absolute atomic E-state index is 12.7. The maximum atomic E-state index is 12.7. The van der Waals surface area contributed by atoms with Gasteiger partial charge >= 0.3 is 0 Å². The SMILES string of the molecule is CCn1c(SCC(=O)Nc2ccc(-c3nc4ccc(C)cc4s3)cc2)nnc1C(C)Oc1ccc(C)c(C)c1. The van der Waals surface area contributed by atoms with E-state index in [0.29, 0.717) is 11.7 Å². The van der Waals surface area contributed by atoms with Crippen LogP contribution in [0.4, 0.5) is 5.69 Å². The molecule has 0 aliphatic heterocycles. The average molecular weight is 558 g/mol. The van der Waals surface area contributed by atoms with E-state index in [1.807, 2.05) is 54.8 Å². The van der Waals surface area contributed by atoms with Crippen LogP contribution in [0.3, 0.4) is 0 Å². The van der Waals surface area contributed by atoms with Crippen LogP contribution in [0, 0.1) is 20.8 Å². The zero-order valence-electron chi connectivity index (χ0n) is 22.7. The number of nitrogens with one attached hydrogen (secondary N) is 1. The molecule has 1 N–H and O–H groups in total. The molecule has 0 aliphatic rings. The van der Waals surface area contributed by atoms with Gasteiger partial charge in [-0.1, -0.05) is 23.9 Å². The fourth-order valence-electron chi connectivity index (χ4n) is 4.23. The van der Waals surface area contributed by atoms with Crippen molar-refractivity contribution in [2.45, 2.75) is 52.4 Å². The van der Waals surface area contributed by atoms with Gasteiger partial charge in [0.05, 0.1) is 16.0 Å². The molecule has 1 atom stereocenters. The minimum Gasteiger partial charge on any atom is -0.483 e. The molecule has 0 radical (unpaired) electrons. The van der Waals surface area contributed by atoms with Gasteiger partial charge in [-0.05, 0) is 99.8 Å². The van der Waals surface area contributed by atoms with Crippen molar-refractivity contribution in [2.75, 3.05) is 11.1 Å². The van der Waals surface area contributed by atoms with Crippen LogP contribution in [-0.2, 0) is 11.3 Å². The lowest BCUT2D eigenvalue weighted by atomic mass is 10.1. The average Bonchev–Trinajstić information content (AvgIpc) is 3.53. The number of aromatic nitrogens is 4. The Balaban J connectivity index is 1.19. The Kier molecular flexibility index (Phi) is 7.99. The zero-order valence-corrected chi connectivity index (χ0v) is 24.3. The van der Waals surface area contributed by atoms with E-state index in [1.165, 1.54) is 33.2 Å². The number of carbonyl (C=O) groups is 1. The first-order chi connectivity index (χ1) is 18.8. The first-order valence-electron chi connectivity index (χ1n) is 12.9. The molecule has 1 unspecified atom stereocenters. The molecule has 200 valence electrons. The van der Waals surface area contributed by atoms with E-state index < -0.39 is 0 Å². The summed E-state index contributed by atoms with van der Waals surface area (Å²) in [7, 11) is 0. The molecule has 0 spiro atoms. The number of thioether (sulfide) groups is 1. The van der Waals surface area contributed by atoms with Gasteiger partial charge in [-0.3, -0.25) is 4.79 Å². The van der Waals surface area contributed by atoms with Gasteiger partial charge < -0.3 is 14.6 Å². The fraction of sp³-hybridized carbons (Fsp3) is 0.267.